The number of benzene rings is 9. The Morgan fingerprint density at radius 1 is 0.262 bits per heavy atom. The second-order valence-electron chi connectivity index (χ2n) is 16.9. The summed E-state index contributed by atoms with van der Waals surface area (Å²) in [6.07, 6.45) is 1.85. The molecule has 0 atom stereocenters. The summed E-state index contributed by atoms with van der Waals surface area (Å²) in [5.41, 5.74) is 20.8. The Labute approximate surface area is 377 Å². The molecule has 4 nitrogen and oxygen atoms in total. The largest absolute Gasteiger partial charge is 0.256 e. The lowest BCUT2D eigenvalue weighted by atomic mass is 9.70. The fourth-order valence-electron chi connectivity index (χ4n) is 10.5. The molecule has 0 fully saturated rings. The Hall–Kier alpha value is -8.60. The number of para-hydroxylation sites is 1. The summed E-state index contributed by atoms with van der Waals surface area (Å²) in [7, 11) is 0. The maximum Gasteiger partial charge on any atom is 0.164 e. The lowest BCUT2D eigenvalue weighted by Crippen LogP contribution is -2.25. The molecule has 0 saturated heterocycles. The van der Waals surface area contributed by atoms with Crippen LogP contribution in [0.5, 0.6) is 0 Å². The number of rotatable bonds is 6. The van der Waals surface area contributed by atoms with E-state index in [1.54, 1.807) is 0 Å². The van der Waals surface area contributed by atoms with Crippen LogP contribution < -0.4 is 0 Å². The molecule has 11 aromatic rings. The van der Waals surface area contributed by atoms with E-state index in [0.717, 1.165) is 55.4 Å². The van der Waals surface area contributed by atoms with Crippen molar-refractivity contribution in [3.8, 4) is 89.8 Å². The van der Waals surface area contributed by atoms with Crippen molar-refractivity contribution >= 4 is 10.9 Å². The van der Waals surface area contributed by atoms with Gasteiger partial charge in [0.15, 0.2) is 17.5 Å². The van der Waals surface area contributed by atoms with Crippen LogP contribution in [0, 0.1) is 0 Å². The first-order chi connectivity index (χ1) is 32.2. The standard InChI is InChI=1S/C61H38N4/c1-2-14-41(15-3-1)58-63-59(42-31-29-39(30-32-42)48-25-12-16-40-21-13-35-62-57(40)48)65-60(64-58)47-20-11-19-45(37-47)43-17-10-18-44(36-43)46-33-34-56-52(38-46)51-24-6-9-28-55(51)61(56)53-26-7-4-22-49(53)50-23-5-8-27-54(50)61/h1-38H. The molecule has 4 heteroatoms. The Morgan fingerprint density at radius 3 is 1.32 bits per heavy atom. The van der Waals surface area contributed by atoms with Gasteiger partial charge in [-0.3, -0.25) is 4.98 Å². The van der Waals surface area contributed by atoms with E-state index in [2.05, 4.69) is 193 Å². The van der Waals surface area contributed by atoms with Crippen LogP contribution >= 0.6 is 0 Å². The van der Waals surface area contributed by atoms with Crippen LogP contribution in [-0.2, 0) is 5.41 Å². The summed E-state index contributed by atoms with van der Waals surface area (Å²) < 4.78 is 0. The normalized spacial score (nSPS) is 12.7. The molecule has 2 heterocycles. The van der Waals surface area contributed by atoms with Crippen LogP contribution in [0.3, 0.4) is 0 Å². The second kappa shape index (κ2) is 14.8. The van der Waals surface area contributed by atoms with E-state index < -0.39 is 0 Å². The van der Waals surface area contributed by atoms with Gasteiger partial charge in [-0.15, -0.1) is 0 Å². The number of hydrogen-bond acceptors (Lipinski definition) is 4. The van der Waals surface area contributed by atoms with Gasteiger partial charge in [-0.2, -0.15) is 0 Å². The van der Waals surface area contributed by atoms with Crippen LogP contribution in [0.1, 0.15) is 22.3 Å². The summed E-state index contributed by atoms with van der Waals surface area (Å²) in [4.78, 5) is 19.9. The van der Waals surface area contributed by atoms with E-state index in [9.17, 15) is 0 Å². The van der Waals surface area contributed by atoms with Gasteiger partial charge in [-0.1, -0.05) is 200 Å². The monoisotopic (exact) mass is 826 g/mol. The van der Waals surface area contributed by atoms with E-state index >= 15 is 0 Å². The molecular formula is C61H38N4. The minimum absolute atomic E-state index is 0.353. The van der Waals surface area contributed by atoms with Crippen molar-refractivity contribution < 1.29 is 0 Å². The van der Waals surface area contributed by atoms with Crippen LogP contribution in [0.4, 0.5) is 0 Å². The quantitative estimate of drug-likeness (QED) is 0.168. The Morgan fingerprint density at radius 2 is 0.677 bits per heavy atom. The van der Waals surface area contributed by atoms with Gasteiger partial charge in [-0.05, 0) is 96.6 Å². The van der Waals surface area contributed by atoms with E-state index in [-0.39, 0.29) is 5.41 Å². The van der Waals surface area contributed by atoms with Crippen molar-refractivity contribution in [3.63, 3.8) is 0 Å². The summed E-state index contributed by atoms with van der Waals surface area (Å²) in [6, 6.07) is 80.4. The van der Waals surface area contributed by atoms with Crippen LogP contribution in [0.25, 0.3) is 101 Å². The van der Waals surface area contributed by atoms with Crippen molar-refractivity contribution in [2.45, 2.75) is 5.41 Å². The zero-order valence-corrected chi connectivity index (χ0v) is 35.2. The molecule has 0 unspecified atom stereocenters. The van der Waals surface area contributed by atoms with Crippen molar-refractivity contribution in [2.75, 3.05) is 0 Å². The second-order valence-corrected chi connectivity index (χ2v) is 16.9. The van der Waals surface area contributed by atoms with Crippen molar-refractivity contribution in [1.82, 2.24) is 19.9 Å². The lowest BCUT2D eigenvalue weighted by Gasteiger charge is -2.30. The van der Waals surface area contributed by atoms with E-state index in [4.69, 9.17) is 15.0 Å². The molecule has 2 aliphatic carbocycles. The molecule has 0 N–H and O–H groups in total. The molecule has 0 saturated carbocycles. The molecule has 0 radical (unpaired) electrons. The Balaban J connectivity index is 0.875. The van der Waals surface area contributed by atoms with Gasteiger partial charge in [0.05, 0.1) is 10.9 Å². The Kier molecular flexibility index (Phi) is 8.40. The predicted octanol–water partition coefficient (Wildman–Crippen LogP) is 14.8. The topological polar surface area (TPSA) is 51.6 Å². The lowest BCUT2D eigenvalue weighted by molar-refractivity contribution is 0.794. The third-order valence-corrected chi connectivity index (χ3v) is 13.4. The summed E-state index contributed by atoms with van der Waals surface area (Å²) in [5.74, 6) is 1.87. The summed E-state index contributed by atoms with van der Waals surface area (Å²) in [6.45, 7) is 0. The molecule has 9 aromatic carbocycles. The molecule has 2 aromatic heterocycles. The first-order valence-electron chi connectivity index (χ1n) is 22.1. The number of nitrogens with zero attached hydrogens (tertiary/aromatic N) is 4. The van der Waals surface area contributed by atoms with Gasteiger partial charge in [-0.25, -0.2) is 15.0 Å². The molecule has 0 aliphatic heterocycles. The van der Waals surface area contributed by atoms with Crippen LogP contribution in [-0.4, -0.2) is 19.9 Å². The first-order valence-corrected chi connectivity index (χ1v) is 22.1. The zero-order valence-electron chi connectivity index (χ0n) is 35.2. The van der Waals surface area contributed by atoms with Gasteiger partial charge in [0, 0.05) is 33.8 Å². The van der Waals surface area contributed by atoms with Gasteiger partial charge in [0.25, 0.3) is 0 Å². The summed E-state index contributed by atoms with van der Waals surface area (Å²) >= 11 is 0. The average molecular weight is 827 g/mol. The van der Waals surface area contributed by atoms with Gasteiger partial charge in [0.2, 0.25) is 0 Å². The highest BCUT2D eigenvalue weighted by Crippen LogP contribution is 2.63. The highest BCUT2D eigenvalue weighted by molar-refractivity contribution is 5.97. The zero-order chi connectivity index (χ0) is 42.9. The van der Waals surface area contributed by atoms with Gasteiger partial charge < -0.3 is 0 Å². The maximum atomic E-state index is 5.13. The molecule has 1 spiro atoms. The molecule has 2 aliphatic rings. The van der Waals surface area contributed by atoms with Gasteiger partial charge in [0.1, 0.15) is 0 Å². The molecule has 13 rings (SSSR count). The van der Waals surface area contributed by atoms with Gasteiger partial charge >= 0.3 is 0 Å². The van der Waals surface area contributed by atoms with E-state index in [1.807, 2.05) is 42.6 Å². The minimum atomic E-state index is -0.353. The number of hydrogen-bond donors (Lipinski definition) is 0. The Bertz CT molecular complexity index is 3620. The van der Waals surface area contributed by atoms with Crippen molar-refractivity contribution in [2.24, 2.45) is 0 Å². The number of pyridine rings is 1. The first kappa shape index (κ1) is 37.0. The van der Waals surface area contributed by atoms with E-state index in [1.165, 1.54) is 50.1 Å². The van der Waals surface area contributed by atoms with E-state index in [0.29, 0.717) is 17.5 Å². The molecule has 0 bridgehead atoms. The molecule has 0 amide bonds. The predicted molar refractivity (Wildman–Crippen MR) is 264 cm³/mol. The molecular weight excluding hydrogens is 789 g/mol. The highest BCUT2D eigenvalue weighted by atomic mass is 15.0. The number of fused-ring (bicyclic) bond motifs is 11. The maximum absolute atomic E-state index is 5.13. The third kappa shape index (κ3) is 5.85. The smallest absolute Gasteiger partial charge is 0.164 e. The SMILES string of the molecule is c1ccc(-c2nc(-c3ccc(-c4cccc5cccnc45)cc3)nc(-c3cccc(-c4cccc(-c5ccc6c(c5)-c5ccccc5C65c6ccccc6-c6ccccc65)c4)c3)n2)cc1. The summed E-state index contributed by atoms with van der Waals surface area (Å²) in [5, 5.41) is 1.11. The highest BCUT2D eigenvalue weighted by Gasteiger charge is 2.51. The van der Waals surface area contributed by atoms with Crippen molar-refractivity contribution in [3.05, 3.63) is 253 Å². The molecule has 302 valence electrons. The number of aromatic nitrogens is 4. The molecule has 65 heavy (non-hydrogen) atoms. The minimum Gasteiger partial charge on any atom is -0.256 e. The van der Waals surface area contributed by atoms with Crippen LogP contribution in [0.15, 0.2) is 231 Å². The fourth-order valence-corrected chi connectivity index (χ4v) is 10.5. The van der Waals surface area contributed by atoms with Crippen molar-refractivity contribution in [1.29, 1.82) is 0 Å². The average Bonchev–Trinajstić information content (AvgIpc) is 3.86. The third-order valence-electron chi connectivity index (χ3n) is 13.4. The van der Waals surface area contributed by atoms with Crippen LogP contribution in [0.2, 0.25) is 0 Å². The fraction of sp³-hybridized carbons (Fsp3) is 0.0164.